The monoisotopic (exact) mass is 291 g/mol. The second-order valence-electron chi connectivity index (χ2n) is 4.54. The quantitative estimate of drug-likeness (QED) is 0.864. The van der Waals surface area contributed by atoms with Crippen LogP contribution in [0.25, 0.3) is 5.69 Å². The summed E-state index contributed by atoms with van der Waals surface area (Å²) in [4.78, 5) is 11.6. The predicted molar refractivity (Wildman–Crippen MR) is 78.0 cm³/mol. The predicted octanol–water partition coefficient (Wildman–Crippen LogP) is 1.51. The summed E-state index contributed by atoms with van der Waals surface area (Å²) in [6.07, 6.45) is 0. The van der Waals surface area contributed by atoms with Crippen LogP contribution < -0.4 is 5.32 Å². The average molecular weight is 291 g/mol. The zero-order valence-corrected chi connectivity index (χ0v) is 12.7. The molecular formula is C13H17N5OS. The number of carbonyl (C=O) groups excluding carboxylic acids is 1. The number of tetrazole rings is 1. The maximum atomic E-state index is 11.6. The van der Waals surface area contributed by atoms with Crippen molar-refractivity contribution < 1.29 is 4.79 Å². The van der Waals surface area contributed by atoms with Gasteiger partial charge in [-0.2, -0.15) is 4.68 Å². The summed E-state index contributed by atoms with van der Waals surface area (Å²) in [7, 11) is 1.62. The summed E-state index contributed by atoms with van der Waals surface area (Å²) >= 11 is 1.33. The van der Waals surface area contributed by atoms with Crippen LogP contribution in [0.2, 0.25) is 0 Å². The molecule has 6 nitrogen and oxygen atoms in total. The largest absolute Gasteiger partial charge is 0.358 e. The molecule has 0 aliphatic carbocycles. The van der Waals surface area contributed by atoms with E-state index in [9.17, 15) is 4.79 Å². The number of rotatable bonds is 4. The van der Waals surface area contributed by atoms with Crippen molar-refractivity contribution in [1.29, 1.82) is 0 Å². The molecule has 1 heterocycles. The van der Waals surface area contributed by atoms with E-state index in [1.54, 1.807) is 11.7 Å². The number of thioether (sulfide) groups is 1. The molecule has 20 heavy (non-hydrogen) atoms. The Bertz CT molecular complexity index is 625. The van der Waals surface area contributed by atoms with Gasteiger partial charge in [-0.15, -0.1) is 5.10 Å². The van der Waals surface area contributed by atoms with Crippen LogP contribution >= 0.6 is 11.8 Å². The van der Waals surface area contributed by atoms with E-state index in [1.807, 2.05) is 32.9 Å². The molecule has 1 N–H and O–H groups in total. The Morgan fingerprint density at radius 3 is 2.80 bits per heavy atom. The van der Waals surface area contributed by atoms with Gasteiger partial charge in [0.05, 0.1) is 10.9 Å². The van der Waals surface area contributed by atoms with E-state index in [4.69, 9.17) is 0 Å². The Labute approximate surface area is 121 Å². The zero-order valence-electron chi connectivity index (χ0n) is 11.9. The molecule has 106 valence electrons. The SMILES string of the molecule is CNC(=O)[C@H](C)Sc1nnnn1-c1ccc(C)cc1C. The average Bonchev–Trinajstić information content (AvgIpc) is 2.85. The first-order valence-electron chi connectivity index (χ1n) is 6.27. The van der Waals surface area contributed by atoms with Crippen LogP contribution in [-0.4, -0.2) is 38.4 Å². The van der Waals surface area contributed by atoms with E-state index in [1.165, 1.54) is 17.3 Å². The standard InChI is InChI=1S/C13H17N5OS/c1-8-5-6-11(9(2)7-8)18-13(15-16-17-18)20-10(3)12(19)14-4/h5-7,10H,1-4H3,(H,14,19)/t10-/m0/s1. The fraction of sp³-hybridized carbons (Fsp3) is 0.385. The normalized spacial score (nSPS) is 12.2. The molecule has 0 saturated carbocycles. The van der Waals surface area contributed by atoms with Crippen LogP contribution in [0.3, 0.4) is 0 Å². The van der Waals surface area contributed by atoms with Gasteiger partial charge in [-0.3, -0.25) is 4.79 Å². The Hall–Kier alpha value is -1.89. The van der Waals surface area contributed by atoms with Gasteiger partial charge in [-0.05, 0) is 42.8 Å². The maximum Gasteiger partial charge on any atom is 0.233 e. The molecule has 2 rings (SSSR count). The lowest BCUT2D eigenvalue weighted by Crippen LogP contribution is -2.27. The van der Waals surface area contributed by atoms with Crippen molar-refractivity contribution in [3.8, 4) is 5.69 Å². The first kappa shape index (κ1) is 14.5. The molecule has 0 fully saturated rings. The molecule has 0 radical (unpaired) electrons. The third-order valence-electron chi connectivity index (χ3n) is 2.92. The summed E-state index contributed by atoms with van der Waals surface area (Å²) < 4.78 is 1.67. The van der Waals surface area contributed by atoms with E-state index in [-0.39, 0.29) is 11.2 Å². The number of nitrogens with one attached hydrogen (secondary N) is 1. The number of nitrogens with zero attached hydrogens (tertiary/aromatic N) is 4. The number of carbonyl (C=O) groups is 1. The fourth-order valence-corrected chi connectivity index (χ4v) is 2.72. The van der Waals surface area contributed by atoms with Crippen LogP contribution in [-0.2, 0) is 4.79 Å². The highest BCUT2D eigenvalue weighted by Gasteiger charge is 2.18. The Kier molecular flexibility index (Phi) is 4.39. The van der Waals surface area contributed by atoms with Gasteiger partial charge in [0.1, 0.15) is 0 Å². The molecule has 0 unspecified atom stereocenters. The number of benzene rings is 1. The summed E-state index contributed by atoms with van der Waals surface area (Å²) in [6.45, 7) is 5.88. The maximum absolute atomic E-state index is 11.6. The molecule has 0 saturated heterocycles. The van der Waals surface area contributed by atoms with Crippen LogP contribution in [0, 0.1) is 13.8 Å². The van der Waals surface area contributed by atoms with Gasteiger partial charge < -0.3 is 5.32 Å². The van der Waals surface area contributed by atoms with Crippen LogP contribution in [0.15, 0.2) is 23.4 Å². The molecule has 1 atom stereocenters. The van der Waals surface area contributed by atoms with Gasteiger partial charge in [0.15, 0.2) is 0 Å². The van der Waals surface area contributed by atoms with Crippen molar-refractivity contribution in [1.82, 2.24) is 25.5 Å². The second kappa shape index (κ2) is 6.04. The van der Waals surface area contributed by atoms with Gasteiger partial charge in [0, 0.05) is 7.05 Å². The van der Waals surface area contributed by atoms with E-state index in [0.717, 1.165) is 11.3 Å². The lowest BCUT2D eigenvalue weighted by molar-refractivity contribution is -0.119. The van der Waals surface area contributed by atoms with E-state index < -0.39 is 0 Å². The topological polar surface area (TPSA) is 72.7 Å². The highest BCUT2D eigenvalue weighted by Crippen LogP contribution is 2.24. The molecule has 0 spiro atoms. The van der Waals surface area contributed by atoms with Crippen LogP contribution in [0.1, 0.15) is 18.1 Å². The van der Waals surface area contributed by atoms with Crippen molar-refractivity contribution in [3.05, 3.63) is 29.3 Å². The molecule has 1 aromatic carbocycles. The van der Waals surface area contributed by atoms with Gasteiger partial charge in [-0.25, -0.2) is 0 Å². The molecule has 0 bridgehead atoms. The number of hydrogen-bond acceptors (Lipinski definition) is 5. The van der Waals surface area contributed by atoms with Gasteiger partial charge in [-0.1, -0.05) is 29.5 Å². The molecule has 0 aliphatic heterocycles. The first-order valence-corrected chi connectivity index (χ1v) is 7.15. The van der Waals surface area contributed by atoms with Crippen molar-refractivity contribution >= 4 is 17.7 Å². The van der Waals surface area contributed by atoms with E-state index in [0.29, 0.717) is 5.16 Å². The second-order valence-corrected chi connectivity index (χ2v) is 5.85. The molecule has 1 amide bonds. The summed E-state index contributed by atoms with van der Waals surface area (Å²) in [5.74, 6) is -0.0508. The minimum Gasteiger partial charge on any atom is -0.358 e. The van der Waals surface area contributed by atoms with Crippen LogP contribution in [0.4, 0.5) is 0 Å². The van der Waals surface area contributed by atoms with Gasteiger partial charge in [0.2, 0.25) is 11.1 Å². The molecular weight excluding hydrogens is 274 g/mol. The fourth-order valence-electron chi connectivity index (χ4n) is 1.86. The van der Waals surface area contributed by atoms with E-state index >= 15 is 0 Å². The first-order chi connectivity index (χ1) is 9.52. The summed E-state index contributed by atoms with van der Waals surface area (Å²) in [5, 5.41) is 14.7. The third kappa shape index (κ3) is 2.98. The Balaban J connectivity index is 2.31. The molecule has 0 aliphatic rings. The highest BCUT2D eigenvalue weighted by atomic mass is 32.2. The third-order valence-corrected chi connectivity index (χ3v) is 3.95. The van der Waals surface area contributed by atoms with Crippen molar-refractivity contribution in [2.45, 2.75) is 31.2 Å². The highest BCUT2D eigenvalue weighted by molar-refractivity contribution is 8.00. The van der Waals surface area contributed by atoms with Crippen molar-refractivity contribution in [2.24, 2.45) is 0 Å². The minimum atomic E-state index is -0.254. The smallest absolute Gasteiger partial charge is 0.233 e. The number of hydrogen-bond donors (Lipinski definition) is 1. The number of amides is 1. The lowest BCUT2D eigenvalue weighted by atomic mass is 10.1. The summed E-state index contributed by atoms with van der Waals surface area (Å²) in [5.41, 5.74) is 3.20. The minimum absolute atomic E-state index is 0.0508. The Morgan fingerprint density at radius 2 is 2.15 bits per heavy atom. The number of aromatic nitrogens is 4. The molecule has 1 aromatic heterocycles. The summed E-state index contributed by atoms with van der Waals surface area (Å²) in [6, 6.07) is 6.07. The van der Waals surface area contributed by atoms with Crippen molar-refractivity contribution in [2.75, 3.05) is 7.05 Å². The van der Waals surface area contributed by atoms with Crippen LogP contribution in [0.5, 0.6) is 0 Å². The van der Waals surface area contributed by atoms with Gasteiger partial charge >= 0.3 is 0 Å². The Morgan fingerprint density at radius 1 is 1.40 bits per heavy atom. The van der Waals surface area contributed by atoms with Gasteiger partial charge in [0.25, 0.3) is 0 Å². The zero-order chi connectivity index (χ0) is 14.7. The van der Waals surface area contributed by atoms with E-state index in [2.05, 4.69) is 26.9 Å². The van der Waals surface area contributed by atoms with Crippen molar-refractivity contribution in [3.63, 3.8) is 0 Å². The molecule has 2 aromatic rings. The molecule has 7 heteroatoms. The number of aryl methyl sites for hydroxylation is 2. The lowest BCUT2D eigenvalue weighted by Gasteiger charge is -2.11.